The molecule has 320 valence electrons. The number of nitrogens with zero attached hydrogens (tertiary/aromatic N) is 2. The highest BCUT2D eigenvalue weighted by atomic mass is 16.5. The molecule has 6 aromatic rings. The fraction of sp³-hybridized carbons (Fsp3) is 0.360. The van der Waals surface area contributed by atoms with Crippen molar-refractivity contribution >= 4 is 33.5 Å². The molecular formula is C50H57N3O8. The second-order valence-corrected chi connectivity index (χ2v) is 18.0. The van der Waals surface area contributed by atoms with Crippen LogP contribution in [0.3, 0.4) is 0 Å². The smallest absolute Gasteiger partial charge is 0.337 e. The Bertz CT molecular complexity index is 2640. The largest absolute Gasteiger partial charge is 0.479 e. The Morgan fingerprint density at radius 1 is 0.590 bits per heavy atom. The van der Waals surface area contributed by atoms with Crippen LogP contribution in [0.5, 0.6) is 0 Å². The van der Waals surface area contributed by atoms with Crippen molar-refractivity contribution in [3.05, 3.63) is 138 Å². The van der Waals surface area contributed by atoms with Crippen LogP contribution in [0.2, 0.25) is 0 Å². The summed E-state index contributed by atoms with van der Waals surface area (Å²) in [4.78, 5) is 54.6. The Kier molecular flexibility index (Phi) is 12.4. The Morgan fingerprint density at radius 3 is 1.26 bits per heavy atom. The molecule has 0 fully saturated rings. The van der Waals surface area contributed by atoms with Gasteiger partial charge in [0.15, 0.2) is 12.2 Å². The van der Waals surface area contributed by atoms with Crippen molar-refractivity contribution in [2.45, 2.75) is 106 Å². The van der Waals surface area contributed by atoms with Crippen LogP contribution in [0.15, 0.2) is 82.4 Å². The van der Waals surface area contributed by atoms with E-state index in [1.165, 1.54) is 0 Å². The van der Waals surface area contributed by atoms with Crippen molar-refractivity contribution in [1.29, 1.82) is 0 Å². The van der Waals surface area contributed by atoms with Gasteiger partial charge in [0.25, 0.3) is 11.1 Å². The summed E-state index contributed by atoms with van der Waals surface area (Å²) in [5.41, 5.74) is 6.80. The number of fused-ring (bicyclic) bond motifs is 2. The minimum absolute atomic E-state index is 0.126. The number of rotatable bonds is 12. The van der Waals surface area contributed by atoms with Gasteiger partial charge in [0.05, 0.1) is 11.2 Å². The lowest BCUT2D eigenvalue weighted by molar-refractivity contribution is -0.161. The van der Waals surface area contributed by atoms with Gasteiger partial charge in [-0.15, -0.1) is 0 Å². The summed E-state index contributed by atoms with van der Waals surface area (Å²) >= 11 is 0. The van der Waals surface area contributed by atoms with Gasteiger partial charge in [-0.3, -0.25) is 9.59 Å². The zero-order valence-electron chi connectivity index (χ0n) is 37.2. The summed E-state index contributed by atoms with van der Waals surface area (Å²) < 4.78 is 15.5. The number of nitrogens with one attached hydrogen (secondary N) is 1. The van der Waals surface area contributed by atoms with Gasteiger partial charge < -0.3 is 34.1 Å². The van der Waals surface area contributed by atoms with Crippen molar-refractivity contribution in [1.82, 2.24) is 14.5 Å². The average Bonchev–Trinajstić information content (AvgIpc) is 3.18. The van der Waals surface area contributed by atoms with E-state index >= 15 is 0 Å². The van der Waals surface area contributed by atoms with Crippen LogP contribution in [0, 0.1) is 27.7 Å². The molecule has 2 unspecified atom stereocenters. The van der Waals surface area contributed by atoms with Crippen LogP contribution in [0.4, 0.5) is 0 Å². The van der Waals surface area contributed by atoms with Gasteiger partial charge in [-0.1, -0.05) is 60.7 Å². The van der Waals surface area contributed by atoms with Gasteiger partial charge in [0.1, 0.15) is 0 Å². The van der Waals surface area contributed by atoms with Crippen molar-refractivity contribution < 1.29 is 29.3 Å². The molecule has 2 heterocycles. The minimum Gasteiger partial charge on any atom is -0.479 e. The van der Waals surface area contributed by atoms with Crippen LogP contribution < -0.4 is 16.4 Å². The average molecular weight is 828 g/mol. The number of carboxylic acids is 2. The van der Waals surface area contributed by atoms with Gasteiger partial charge in [0.2, 0.25) is 0 Å². The molecule has 4 aromatic carbocycles. The lowest BCUT2D eigenvalue weighted by atomic mass is 9.89. The number of aryl methyl sites for hydroxylation is 4. The van der Waals surface area contributed by atoms with E-state index in [1.54, 1.807) is 101 Å². The summed E-state index contributed by atoms with van der Waals surface area (Å²) in [6.07, 6.45) is -2.75. The third kappa shape index (κ3) is 8.96. The molecule has 0 bridgehead atoms. The maximum Gasteiger partial charge on any atom is 0.337 e. The number of hydrogen-bond acceptors (Lipinski definition) is 7. The highest BCUT2D eigenvalue weighted by Crippen LogP contribution is 2.40. The molecular weight excluding hydrogens is 771 g/mol. The molecule has 0 saturated carbocycles. The Balaban J connectivity index is 1.62. The second kappa shape index (κ2) is 16.9. The fourth-order valence-corrected chi connectivity index (χ4v) is 8.05. The third-order valence-electron chi connectivity index (χ3n) is 11.3. The van der Waals surface area contributed by atoms with E-state index < -0.39 is 35.3 Å². The van der Waals surface area contributed by atoms with Crippen LogP contribution in [-0.4, -0.2) is 42.5 Å². The topological polar surface area (TPSA) is 149 Å². The van der Waals surface area contributed by atoms with Crippen LogP contribution in [0.25, 0.3) is 43.8 Å². The van der Waals surface area contributed by atoms with Crippen molar-refractivity contribution in [3.8, 4) is 22.3 Å². The molecule has 61 heavy (non-hydrogen) atoms. The highest BCUT2D eigenvalue weighted by Gasteiger charge is 2.33. The van der Waals surface area contributed by atoms with Gasteiger partial charge in [-0.2, -0.15) is 0 Å². The number of benzene rings is 4. The maximum absolute atomic E-state index is 14.4. The van der Waals surface area contributed by atoms with Crippen molar-refractivity contribution in [2.24, 2.45) is 14.1 Å². The van der Waals surface area contributed by atoms with Gasteiger partial charge in [-0.25, -0.2) is 9.59 Å². The Hall–Kier alpha value is -5.88. The van der Waals surface area contributed by atoms with Gasteiger partial charge >= 0.3 is 11.9 Å². The van der Waals surface area contributed by atoms with E-state index in [0.29, 0.717) is 55.2 Å². The SMILES string of the molecule is Cc1ccc(-c2c(CNCc3c(-c4ccc(C)c(C)c4)c4c(C(OC(C)(C)C)C(=O)O)cccc4c(=O)n3C)n(C)c(=O)c3cccc(C(OC(C)(C)C)C(=O)O)c23)cc1C. The zero-order valence-corrected chi connectivity index (χ0v) is 37.2. The second-order valence-electron chi connectivity index (χ2n) is 18.0. The van der Waals surface area contributed by atoms with Crippen LogP contribution in [-0.2, 0) is 46.2 Å². The van der Waals surface area contributed by atoms with Gasteiger partial charge in [-0.05, 0) is 115 Å². The number of hydrogen-bond donors (Lipinski definition) is 3. The number of carboxylic acid groups (broad SMARTS) is 2. The first-order valence-corrected chi connectivity index (χ1v) is 20.5. The zero-order chi connectivity index (χ0) is 44.9. The lowest BCUT2D eigenvalue weighted by Gasteiger charge is -2.28. The molecule has 0 saturated heterocycles. The van der Waals surface area contributed by atoms with Crippen molar-refractivity contribution in [3.63, 3.8) is 0 Å². The number of carbonyl (C=O) groups is 2. The maximum atomic E-state index is 14.4. The molecule has 6 rings (SSSR count). The predicted molar refractivity (Wildman–Crippen MR) is 241 cm³/mol. The predicted octanol–water partition coefficient (Wildman–Crippen LogP) is 9.13. The van der Waals surface area contributed by atoms with E-state index in [4.69, 9.17) is 9.47 Å². The normalized spacial score (nSPS) is 13.2. The summed E-state index contributed by atoms with van der Waals surface area (Å²) in [7, 11) is 3.41. The summed E-state index contributed by atoms with van der Waals surface area (Å²) in [6.45, 7) is 19.1. The van der Waals surface area contributed by atoms with Crippen molar-refractivity contribution in [2.75, 3.05) is 0 Å². The third-order valence-corrected chi connectivity index (χ3v) is 11.3. The molecule has 11 heteroatoms. The Labute approximate surface area is 356 Å². The minimum atomic E-state index is -1.37. The quantitative estimate of drug-likeness (QED) is 0.110. The Morgan fingerprint density at radius 2 is 0.951 bits per heavy atom. The molecule has 0 aliphatic carbocycles. The first-order valence-electron chi connectivity index (χ1n) is 20.5. The first kappa shape index (κ1) is 44.7. The van der Waals surface area contributed by atoms with E-state index in [-0.39, 0.29) is 24.2 Å². The molecule has 0 radical (unpaired) electrons. The molecule has 11 nitrogen and oxygen atoms in total. The standard InChI is InChI=1S/C50H57N3O8/c1-27-19-21-31(23-29(27)3)39-37(52(11)45(54)35-17-13-15-33(41(35)39)43(47(56)57)60-49(5,6)7)25-51-26-38-40(32-22-20-28(2)30(4)24-32)42-34(44(48(58)59)61-50(8,9)10)16-14-18-36(42)46(55)53(38)12/h13-24,43-44,51H,25-26H2,1-12H3,(H,56,57)(H,58,59). The van der Waals surface area contributed by atoms with Crippen LogP contribution in [0.1, 0.15) is 98.5 Å². The molecule has 0 aliphatic heterocycles. The molecule has 2 aromatic heterocycles. The monoisotopic (exact) mass is 827 g/mol. The van der Waals surface area contributed by atoms with Gasteiger partial charge in [0, 0.05) is 82.4 Å². The van der Waals surface area contributed by atoms with E-state index in [2.05, 4.69) is 5.32 Å². The molecule has 3 N–H and O–H groups in total. The first-order chi connectivity index (χ1) is 28.5. The summed E-state index contributed by atoms with van der Waals surface area (Å²) in [6, 6.07) is 22.3. The number of pyridine rings is 2. The molecule has 0 amide bonds. The molecule has 0 spiro atoms. The van der Waals surface area contributed by atoms with Crippen LogP contribution >= 0.6 is 0 Å². The fourth-order valence-electron chi connectivity index (χ4n) is 8.05. The summed E-state index contributed by atoms with van der Waals surface area (Å²) in [5.74, 6) is -2.36. The molecule has 2 atom stereocenters. The summed E-state index contributed by atoms with van der Waals surface area (Å²) in [5, 5.41) is 26.4. The number of aliphatic carboxylic acids is 2. The van der Waals surface area contributed by atoms with E-state index in [0.717, 1.165) is 33.4 Å². The molecule has 0 aliphatic rings. The lowest BCUT2D eigenvalue weighted by Crippen LogP contribution is -2.30. The van der Waals surface area contributed by atoms with E-state index in [9.17, 15) is 29.4 Å². The highest BCUT2D eigenvalue weighted by molar-refractivity contribution is 6.03. The number of ether oxygens (including phenoxy) is 2. The number of aromatic nitrogens is 2. The van der Waals surface area contributed by atoms with E-state index in [1.807, 2.05) is 64.1 Å².